The number of rotatable bonds is 7. The first-order valence-corrected chi connectivity index (χ1v) is 8.73. The number of amides is 2. The zero-order valence-corrected chi connectivity index (χ0v) is 15.7. The summed E-state index contributed by atoms with van der Waals surface area (Å²) < 4.78 is 5.20. The fraction of sp³-hybridized carbons (Fsp3) is 0.200. The monoisotopic (exact) mass is 379 g/mol. The van der Waals surface area contributed by atoms with Crippen LogP contribution in [0.1, 0.15) is 16.1 Å². The molecule has 0 atom stereocenters. The number of carbonyl (C=O) groups is 2. The van der Waals surface area contributed by atoms with Gasteiger partial charge in [0.25, 0.3) is 5.91 Å². The van der Waals surface area contributed by atoms with E-state index in [1.54, 1.807) is 12.3 Å². The third kappa shape index (κ3) is 4.73. The molecule has 8 heteroatoms. The minimum absolute atomic E-state index is 0.119. The Labute approximate surface area is 162 Å². The highest BCUT2D eigenvalue weighted by Crippen LogP contribution is 2.19. The normalized spacial score (nSPS) is 10.4. The predicted molar refractivity (Wildman–Crippen MR) is 105 cm³/mol. The van der Waals surface area contributed by atoms with Gasteiger partial charge in [-0.3, -0.25) is 9.59 Å². The molecule has 0 aliphatic rings. The van der Waals surface area contributed by atoms with Gasteiger partial charge in [0.1, 0.15) is 5.82 Å². The summed E-state index contributed by atoms with van der Waals surface area (Å²) in [4.78, 5) is 30.4. The molecule has 0 radical (unpaired) electrons. The third-order valence-corrected chi connectivity index (χ3v) is 3.98. The highest BCUT2D eigenvalue weighted by Gasteiger charge is 2.15. The Morgan fingerprint density at radius 1 is 1.07 bits per heavy atom. The molecule has 0 saturated heterocycles. The van der Waals surface area contributed by atoms with Crippen LogP contribution in [0.5, 0.6) is 0 Å². The fourth-order valence-corrected chi connectivity index (χ4v) is 2.60. The van der Waals surface area contributed by atoms with Gasteiger partial charge < -0.3 is 20.1 Å². The van der Waals surface area contributed by atoms with Crippen LogP contribution in [0.15, 0.2) is 59.3 Å². The van der Waals surface area contributed by atoms with E-state index < -0.39 is 5.91 Å². The zero-order valence-electron chi connectivity index (χ0n) is 15.7. The number of hydrogen-bond donors (Lipinski definition) is 2. The van der Waals surface area contributed by atoms with Crippen LogP contribution in [0.2, 0.25) is 0 Å². The molecule has 0 fully saturated rings. The maximum absolute atomic E-state index is 12.2. The standard InChI is InChI=1S/C20H21N5O3/c1-25(2)19-15(9-6-10-21-19)12-22-18(26)13-23-20(27)16-11-17(28-24-16)14-7-4-3-5-8-14/h3-11H,12-13H2,1-2H3,(H,22,26)(H,23,27). The Hall–Kier alpha value is -3.68. The maximum atomic E-state index is 12.2. The lowest BCUT2D eigenvalue weighted by atomic mass is 10.1. The lowest BCUT2D eigenvalue weighted by Crippen LogP contribution is -2.37. The number of anilines is 1. The van der Waals surface area contributed by atoms with Gasteiger partial charge in [-0.15, -0.1) is 0 Å². The molecule has 8 nitrogen and oxygen atoms in total. The van der Waals surface area contributed by atoms with Crippen molar-refractivity contribution < 1.29 is 14.1 Å². The number of benzene rings is 1. The van der Waals surface area contributed by atoms with Gasteiger partial charge in [0.2, 0.25) is 5.91 Å². The Kier molecular flexibility index (Phi) is 6.01. The summed E-state index contributed by atoms with van der Waals surface area (Å²) in [6.45, 7) is 0.155. The van der Waals surface area contributed by atoms with Gasteiger partial charge in [0.05, 0.1) is 6.54 Å². The molecule has 0 bridgehead atoms. The van der Waals surface area contributed by atoms with Crippen molar-refractivity contribution in [2.24, 2.45) is 0 Å². The number of pyridine rings is 1. The molecule has 2 amide bonds. The number of aromatic nitrogens is 2. The highest BCUT2D eigenvalue weighted by atomic mass is 16.5. The average Bonchev–Trinajstić information content (AvgIpc) is 3.21. The van der Waals surface area contributed by atoms with Crippen molar-refractivity contribution in [3.63, 3.8) is 0 Å². The summed E-state index contributed by atoms with van der Waals surface area (Å²) in [6.07, 6.45) is 1.70. The van der Waals surface area contributed by atoms with Crippen LogP contribution >= 0.6 is 0 Å². The quantitative estimate of drug-likeness (QED) is 0.650. The Morgan fingerprint density at radius 3 is 2.61 bits per heavy atom. The van der Waals surface area contributed by atoms with Gasteiger partial charge in [-0.1, -0.05) is 41.6 Å². The summed E-state index contributed by atoms with van der Waals surface area (Å²) in [5.74, 6) is 0.482. The van der Waals surface area contributed by atoms with Crippen LogP contribution in [0, 0.1) is 0 Å². The third-order valence-electron chi connectivity index (χ3n) is 3.98. The maximum Gasteiger partial charge on any atom is 0.273 e. The average molecular weight is 379 g/mol. The lowest BCUT2D eigenvalue weighted by molar-refractivity contribution is -0.120. The molecule has 3 rings (SSSR count). The van der Waals surface area contributed by atoms with E-state index in [0.717, 1.165) is 16.9 Å². The van der Waals surface area contributed by atoms with Crippen molar-refractivity contribution in [2.75, 3.05) is 25.5 Å². The van der Waals surface area contributed by atoms with Crippen molar-refractivity contribution in [3.05, 3.63) is 66.0 Å². The van der Waals surface area contributed by atoms with Gasteiger partial charge in [0, 0.05) is 44.0 Å². The van der Waals surface area contributed by atoms with Gasteiger partial charge >= 0.3 is 0 Å². The first kappa shape index (κ1) is 19.1. The van der Waals surface area contributed by atoms with E-state index in [2.05, 4.69) is 20.8 Å². The van der Waals surface area contributed by atoms with Crippen LogP contribution in [-0.2, 0) is 11.3 Å². The number of carbonyl (C=O) groups excluding carboxylic acids is 2. The molecule has 28 heavy (non-hydrogen) atoms. The summed E-state index contributed by atoms with van der Waals surface area (Å²) in [5, 5.41) is 9.07. The van der Waals surface area contributed by atoms with Crippen LogP contribution < -0.4 is 15.5 Å². The van der Waals surface area contributed by atoms with E-state index in [1.165, 1.54) is 0 Å². The smallest absolute Gasteiger partial charge is 0.273 e. The van der Waals surface area contributed by atoms with Crippen molar-refractivity contribution >= 4 is 17.6 Å². The van der Waals surface area contributed by atoms with Crippen molar-refractivity contribution in [1.29, 1.82) is 0 Å². The Bertz CT molecular complexity index is 953. The molecule has 3 aromatic rings. The number of nitrogens with one attached hydrogen (secondary N) is 2. The van der Waals surface area contributed by atoms with Crippen LogP contribution in [-0.4, -0.2) is 42.6 Å². The van der Waals surface area contributed by atoms with E-state index in [-0.39, 0.29) is 18.1 Å². The molecule has 0 saturated carbocycles. The first-order chi connectivity index (χ1) is 13.5. The van der Waals surface area contributed by atoms with E-state index in [0.29, 0.717) is 12.3 Å². The molecule has 2 aromatic heterocycles. The molecule has 0 unspecified atom stereocenters. The molecule has 0 aliphatic carbocycles. The first-order valence-electron chi connectivity index (χ1n) is 8.73. The van der Waals surface area contributed by atoms with Crippen molar-refractivity contribution in [3.8, 4) is 11.3 Å². The largest absolute Gasteiger partial charge is 0.362 e. The summed E-state index contributed by atoms with van der Waals surface area (Å²) in [5.41, 5.74) is 1.82. The van der Waals surface area contributed by atoms with E-state index in [9.17, 15) is 9.59 Å². The zero-order chi connectivity index (χ0) is 19.9. The second-order valence-electron chi connectivity index (χ2n) is 6.28. The van der Waals surface area contributed by atoms with E-state index in [4.69, 9.17) is 4.52 Å². The summed E-state index contributed by atoms with van der Waals surface area (Å²) in [7, 11) is 3.77. The molecular formula is C20H21N5O3. The second-order valence-corrected chi connectivity index (χ2v) is 6.28. The minimum atomic E-state index is -0.476. The van der Waals surface area contributed by atoms with Gasteiger partial charge in [0.15, 0.2) is 11.5 Å². The van der Waals surface area contributed by atoms with Crippen LogP contribution in [0.25, 0.3) is 11.3 Å². The van der Waals surface area contributed by atoms with Crippen molar-refractivity contribution in [2.45, 2.75) is 6.54 Å². The van der Waals surface area contributed by atoms with Crippen molar-refractivity contribution in [1.82, 2.24) is 20.8 Å². The van der Waals surface area contributed by atoms with E-state index >= 15 is 0 Å². The van der Waals surface area contributed by atoms with Crippen LogP contribution in [0.4, 0.5) is 5.82 Å². The Morgan fingerprint density at radius 2 is 1.86 bits per heavy atom. The van der Waals surface area contributed by atoms with Crippen LogP contribution in [0.3, 0.4) is 0 Å². The topological polar surface area (TPSA) is 100 Å². The lowest BCUT2D eigenvalue weighted by Gasteiger charge is -2.16. The Balaban J connectivity index is 1.51. The summed E-state index contributed by atoms with van der Waals surface area (Å²) >= 11 is 0. The molecule has 2 N–H and O–H groups in total. The molecular weight excluding hydrogens is 358 g/mol. The number of nitrogens with zero attached hydrogens (tertiary/aromatic N) is 3. The summed E-state index contributed by atoms with van der Waals surface area (Å²) in [6, 6.07) is 14.6. The number of hydrogen-bond acceptors (Lipinski definition) is 6. The fourth-order valence-electron chi connectivity index (χ4n) is 2.60. The molecule has 1 aromatic carbocycles. The molecule has 0 aliphatic heterocycles. The minimum Gasteiger partial charge on any atom is -0.362 e. The van der Waals surface area contributed by atoms with Gasteiger partial charge in [-0.2, -0.15) is 0 Å². The highest BCUT2D eigenvalue weighted by molar-refractivity contribution is 5.95. The SMILES string of the molecule is CN(C)c1ncccc1CNC(=O)CNC(=O)c1cc(-c2ccccc2)on1. The van der Waals surface area contributed by atoms with Gasteiger partial charge in [-0.25, -0.2) is 4.98 Å². The van der Waals surface area contributed by atoms with E-state index in [1.807, 2.05) is 61.5 Å². The predicted octanol–water partition coefficient (Wildman–Crippen LogP) is 1.85. The molecule has 0 spiro atoms. The molecule has 144 valence electrons. The molecule has 2 heterocycles. The van der Waals surface area contributed by atoms with Gasteiger partial charge in [-0.05, 0) is 6.07 Å². The second kappa shape index (κ2) is 8.81.